The van der Waals surface area contributed by atoms with Gasteiger partial charge in [-0.25, -0.2) is 0 Å². The molecule has 47 heavy (non-hydrogen) atoms. The number of carbonyl (C=O) groups excluding carboxylic acids is 3. The number of unbranched alkanes of at least 4 members (excludes halogenated alkanes) is 3. The van der Waals surface area contributed by atoms with Crippen LogP contribution < -0.4 is 0 Å². The molecule has 10 nitrogen and oxygen atoms in total. The molecule has 2 bridgehead atoms. The second-order valence-corrected chi connectivity index (χ2v) is 13.9. The van der Waals surface area contributed by atoms with Crippen LogP contribution in [-0.2, 0) is 30.4 Å². The molecule has 4 aliphatic rings. The minimum atomic E-state index is -1.10. The van der Waals surface area contributed by atoms with Gasteiger partial charge in [0.15, 0.2) is 0 Å². The molecule has 6 atom stereocenters. The lowest BCUT2D eigenvalue weighted by Gasteiger charge is -2.39. The fraction of sp³-hybridized carbons (Fsp3) is 0.649. The van der Waals surface area contributed by atoms with E-state index in [9.17, 15) is 19.5 Å². The van der Waals surface area contributed by atoms with Crippen molar-refractivity contribution in [1.82, 2.24) is 19.6 Å². The quantitative estimate of drug-likeness (QED) is 0.204. The first-order chi connectivity index (χ1) is 22.7. The molecule has 4 fully saturated rings. The molecule has 1 spiro atoms. The van der Waals surface area contributed by atoms with E-state index in [0.717, 1.165) is 31.5 Å². The van der Waals surface area contributed by atoms with Crippen molar-refractivity contribution in [3.63, 3.8) is 0 Å². The summed E-state index contributed by atoms with van der Waals surface area (Å²) in [6.07, 6.45) is 7.08. The van der Waals surface area contributed by atoms with Crippen molar-refractivity contribution in [3.05, 3.63) is 61.2 Å². The summed E-state index contributed by atoms with van der Waals surface area (Å²) in [6.45, 7) is 17.7. The summed E-state index contributed by atoms with van der Waals surface area (Å²) in [5, 5.41) is 9.28. The summed E-state index contributed by atoms with van der Waals surface area (Å²) in [7, 11) is 0. The van der Waals surface area contributed by atoms with E-state index in [0.29, 0.717) is 71.7 Å². The summed E-state index contributed by atoms with van der Waals surface area (Å²) < 4.78 is 12.5. The largest absolute Gasteiger partial charge is 0.396 e. The maximum Gasteiger partial charge on any atom is 0.248 e. The van der Waals surface area contributed by atoms with Crippen molar-refractivity contribution in [2.24, 2.45) is 17.8 Å². The van der Waals surface area contributed by atoms with Gasteiger partial charge in [0.2, 0.25) is 17.7 Å². The van der Waals surface area contributed by atoms with Crippen LogP contribution in [0.15, 0.2) is 55.6 Å². The van der Waals surface area contributed by atoms with Crippen LogP contribution in [0.3, 0.4) is 0 Å². The van der Waals surface area contributed by atoms with Crippen LogP contribution in [0.25, 0.3) is 0 Å². The number of amides is 3. The van der Waals surface area contributed by atoms with E-state index in [4.69, 9.17) is 9.47 Å². The lowest BCUT2D eigenvalue weighted by atomic mass is 9.62. The number of hydrogen-bond acceptors (Lipinski definition) is 7. The smallest absolute Gasteiger partial charge is 0.248 e. The first kappa shape index (κ1) is 35.3. The maximum absolute atomic E-state index is 14.8. The van der Waals surface area contributed by atoms with Gasteiger partial charge in [0.05, 0.1) is 30.7 Å². The van der Waals surface area contributed by atoms with Crippen LogP contribution in [0, 0.1) is 17.8 Å². The van der Waals surface area contributed by atoms with Gasteiger partial charge in [-0.2, -0.15) is 0 Å². The Morgan fingerprint density at radius 1 is 1.00 bits per heavy atom. The number of fused-ring (bicyclic) bond motifs is 1. The Kier molecular flexibility index (Phi) is 11.6. The van der Waals surface area contributed by atoms with Gasteiger partial charge < -0.3 is 29.3 Å². The molecule has 3 unspecified atom stereocenters. The predicted octanol–water partition coefficient (Wildman–Crippen LogP) is 3.11. The van der Waals surface area contributed by atoms with Crippen LogP contribution in [0.1, 0.15) is 51.5 Å². The number of aliphatic hydroxyl groups is 1. The molecule has 4 saturated heterocycles. The number of rotatable bonds is 17. The number of nitrogens with zero attached hydrogens (tertiary/aromatic N) is 4. The molecule has 4 heterocycles. The second kappa shape index (κ2) is 15.4. The molecule has 10 heteroatoms. The van der Waals surface area contributed by atoms with Gasteiger partial charge in [-0.1, -0.05) is 62.2 Å². The monoisotopic (exact) mass is 650 g/mol. The molecule has 0 saturated carbocycles. The lowest BCUT2D eigenvalue weighted by molar-refractivity contribution is -0.155. The number of aliphatic hydroxyl groups excluding tert-OH is 1. The van der Waals surface area contributed by atoms with Gasteiger partial charge >= 0.3 is 0 Å². The van der Waals surface area contributed by atoms with Gasteiger partial charge in [-0.3, -0.25) is 19.3 Å². The van der Waals surface area contributed by atoms with Crippen molar-refractivity contribution in [1.29, 1.82) is 0 Å². The van der Waals surface area contributed by atoms with Crippen LogP contribution >= 0.6 is 0 Å². The number of hydrogen-bond donors (Lipinski definition) is 1. The first-order valence-electron chi connectivity index (χ1n) is 17.5. The third-order valence-electron chi connectivity index (χ3n) is 11.0. The highest BCUT2D eigenvalue weighted by Gasteiger charge is 2.80. The van der Waals surface area contributed by atoms with Gasteiger partial charge in [-0.15, -0.1) is 13.2 Å². The molecule has 4 aliphatic heterocycles. The van der Waals surface area contributed by atoms with Crippen molar-refractivity contribution >= 4 is 17.7 Å². The van der Waals surface area contributed by atoms with Crippen LogP contribution in [0.2, 0.25) is 0 Å². The molecule has 1 aromatic carbocycles. The Labute approximate surface area is 280 Å². The molecule has 3 amide bonds. The lowest BCUT2D eigenvalue weighted by Crippen LogP contribution is -2.57. The van der Waals surface area contributed by atoms with Crippen LogP contribution in [0.5, 0.6) is 0 Å². The van der Waals surface area contributed by atoms with Crippen LogP contribution in [0.4, 0.5) is 0 Å². The highest BCUT2D eigenvalue weighted by molar-refractivity contribution is 5.99. The molecule has 0 radical (unpaired) electrons. The summed E-state index contributed by atoms with van der Waals surface area (Å²) in [5.74, 6) is -1.95. The first-order valence-corrected chi connectivity index (χ1v) is 17.5. The average molecular weight is 651 g/mol. The highest BCUT2D eigenvalue weighted by atomic mass is 16.5. The van der Waals surface area contributed by atoms with E-state index in [1.165, 1.54) is 0 Å². The molecular weight excluding hydrogens is 596 g/mol. The predicted molar refractivity (Wildman–Crippen MR) is 180 cm³/mol. The molecular formula is C37H54N4O6. The summed E-state index contributed by atoms with van der Waals surface area (Å²) in [5.41, 5.74) is -0.995. The summed E-state index contributed by atoms with van der Waals surface area (Å²) in [4.78, 5) is 51.8. The summed E-state index contributed by atoms with van der Waals surface area (Å²) in [6, 6.07) is 9.01. The number of carbonyl (C=O) groups is 3. The molecule has 0 aromatic heterocycles. The third-order valence-corrected chi connectivity index (χ3v) is 11.0. The van der Waals surface area contributed by atoms with Crippen molar-refractivity contribution in [3.8, 4) is 0 Å². The van der Waals surface area contributed by atoms with E-state index in [1.54, 1.807) is 22.0 Å². The molecule has 1 aromatic rings. The molecule has 0 aliphatic carbocycles. The fourth-order valence-electron chi connectivity index (χ4n) is 8.48. The highest BCUT2D eigenvalue weighted by Crippen LogP contribution is 2.65. The average Bonchev–Trinajstić information content (AvgIpc) is 3.59. The normalized spacial score (nSPS) is 29.9. The maximum atomic E-state index is 14.8. The van der Waals surface area contributed by atoms with Gasteiger partial charge in [0.1, 0.15) is 11.6 Å². The van der Waals surface area contributed by atoms with Gasteiger partial charge in [-0.05, 0) is 37.7 Å². The Hall–Kier alpha value is -3.05. The van der Waals surface area contributed by atoms with E-state index >= 15 is 0 Å². The zero-order valence-corrected chi connectivity index (χ0v) is 28.4. The fourth-order valence-corrected chi connectivity index (χ4v) is 8.48. The van der Waals surface area contributed by atoms with Crippen molar-refractivity contribution in [2.75, 3.05) is 65.6 Å². The number of benzene rings is 1. The Morgan fingerprint density at radius 2 is 1.68 bits per heavy atom. The van der Waals surface area contributed by atoms with E-state index < -0.39 is 29.1 Å². The SMILES string of the molecule is C=CCN(CCN1CCOCC1)C(=O)C1N(CCCCCCO)C(=O)[C@@H]2[C@@H](C(=O)N(CC=C)Cc3ccccc3)[C@]3(C)OC12CC3C. The van der Waals surface area contributed by atoms with Crippen LogP contribution in [-0.4, -0.2) is 125 Å². The topological polar surface area (TPSA) is 103 Å². The minimum absolute atomic E-state index is 0.0381. The van der Waals surface area contributed by atoms with Crippen molar-refractivity contribution < 1.29 is 29.0 Å². The zero-order valence-electron chi connectivity index (χ0n) is 28.4. The van der Waals surface area contributed by atoms with E-state index in [-0.39, 0.29) is 30.2 Å². The number of likely N-dealkylation sites (tertiary alicyclic amines) is 1. The van der Waals surface area contributed by atoms with Gasteiger partial charge in [0.25, 0.3) is 0 Å². The van der Waals surface area contributed by atoms with Gasteiger partial charge in [0, 0.05) is 59.0 Å². The van der Waals surface area contributed by atoms with E-state index in [1.807, 2.05) is 42.2 Å². The molecule has 258 valence electrons. The second-order valence-electron chi connectivity index (χ2n) is 13.9. The molecule has 5 rings (SSSR count). The van der Waals surface area contributed by atoms with E-state index in [2.05, 4.69) is 25.0 Å². The Balaban J connectivity index is 1.48. The Bertz CT molecular complexity index is 1270. The number of morpholine rings is 1. The third kappa shape index (κ3) is 6.93. The van der Waals surface area contributed by atoms with Crippen molar-refractivity contribution in [2.45, 2.75) is 69.7 Å². The standard InChI is InChI=1S/C37H54N4O6/c1-5-16-39(20-19-38-21-24-46-25-22-38)35(45)32-37-26-28(3)36(4,47-37)30(31(37)34(44)41(32)18-12-7-8-13-23-42)33(43)40(17-6-2)27-29-14-10-9-11-15-29/h5-6,9-11,14-15,28,30-32,42H,1-2,7-8,12-13,16-27H2,3-4H3/t28?,30-,31-,32?,36+,37?/m0/s1. The molecule has 1 N–H and O–H groups in total. The minimum Gasteiger partial charge on any atom is -0.396 e. The zero-order chi connectivity index (χ0) is 33.6. The number of ether oxygens (including phenoxy) is 2. The summed E-state index contributed by atoms with van der Waals surface area (Å²) >= 11 is 0. The Morgan fingerprint density at radius 3 is 2.36 bits per heavy atom.